The van der Waals surface area contributed by atoms with Gasteiger partial charge < -0.3 is 0 Å². The van der Waals surface area contributed by atoms with Gasteiger partial charge in [0.2, 0.25) is 0 Å². The smallest absolute Gasteiger partial charge is 0.268 e. The lowest BCUT2D eigenvalue weighted by molar-refractivity contribution is 0.101. The lowest BCUT2D eigenvalue weighted by atomic mass is 10.1. The van der Waals surface area contributed by atoms with Gasteiger partial charge in [-0.25, -0.2) is 12.4 Å². The van der Waals surface area contributed by atoms with Crippen molar-refractivity contribution in [2.24, 2.45) is 0 Å². The minimum absolute atomic E-state index is 0.171. The van der Waals surface area contributed by atoms with E-state index in [1.54, 1.807) is 43.3 Å². The first-order chi connectivity index (χ1) is 10.8. The Morgan fingerprint density at radius 2 is 1.74 bits per heavy atom. The van der Waals surface area contributed by atoms with Crippen LogP contribution in [0.25, 0.3) is 10.9 Å². The normalized spacial score (nSPS) is 11.8. The number of halogens is 1. The van der Waals surface area contributed by atoms with Gasteiger partial charge in [-0.15, -0.1) is 0 Å². The molecule has 23 heavy (non-hydrogen) atoms. The Kier molecular flexibility index (Phi) is 3.78. The average molecular weight is 348 g/mol. The van der Waals surface area contributed by atoms with Crippen molar-refractivity contribution in [3.8, 4) is 0 Å². The maximum Gasteiger partial charge on any atom is 0.268 e. The highest BCUT2D eigenvalue weighted by atomic mass is 35.5. The van der Waals surface area contributed by atoms with Crippen molar-refractivity contribution in [3.63, 3.8) is 0 Å². The number of Topliss-reactive ketones (excluding diaryl/α,β-unsaturated/α-hetero) is 1. The molecule has 4 nitrogen and oxygen atoms in total. The van der Waals surface area contributed by atoms with Gasteiger partial charge in [0.25, 0.3) is 10.0 Å². The summed E-state index contributed by atoms with van der Waals surface area (Å²) in [6, 6.07) is 13.0. The highest BCUT2D eigenvalue weighted by Crippen LogP contribution is 2.32. The quantitative estimate of drug-likeness (QED) is 0.672. The molecule has 0 saturated heterocycles. The number of hydrogen-bond acceptors (Lipinski definition) is 3. The number of aromatic nitrogens is 1. The second-order valence-electron chi connectivity index (χ2n) is 5.26. The molecule has 0 aliphatic carbocycles. The highest BCUT2D eigenvalue weighted by Gasteiger charge is 2.26. The second kappa shape index (κ2) is 5.51. The Morgan fingerprint density at radius 3 is 2.35 bits per heavy atom. The molecule has 0 aliphatic rings. The van der Waals surface area contributed by atoms with E-state index in [2.05, 4.69) is 0 Å². The topological polar surface area (TPSA) is 56.1 Å². The molecule has 3 rings (SSSR count). The van der Waals surface area contributed by atoms with Crippen molar-refractivity contribution >= 4 is 38.3 Å². The predicted octanol–water partition coefficient (Wildman–Crippen LogP) is 4.04. The van der Waals surface area contributed by atoms with Crippen LogP contribution in [0.15, 0.2) is 53.4 Å². The van der Waals surface area contributed by atoms with E-state index in [9.17, 15) is 13.2 Å². The minimum Gasteiger partial charge on any atom is -0.294 e. The number of ketones is 1. The first kappa shape index (κ1) is 15.8. The predicted molar refractivity (Wildman–Crippen MR) is 90.7 cm³/mol. The van der Waals surface area contributed by atoms with Gasteiger partial charge in [-0.2, -0.15) is 0 Å². The van der Waals surface area contributed by atoms with Gasteiger partial charge >= 0.3 is 0 Å². The SMILES string of the molecule is CC(=O)c1c(C)n(S(=O)(=O)c2ccccc2)c2ccc(Cl)cc12. The molecule has 0 saturated carbocycles. The molecule has 0 aliphatic heterocycles. The summed E-state index contributed by atoms with van der Waals surface area (Å²) in [6.07, 6.45) is 0. The van der Waals surface area contributed by atoms with Crippen molar-refractivity contribution in [3.05, 3.63) is 64.8 Å². The first-order valence-electron chi connectivity index (χ1n) is 6.96. The summed E-state index contributed by atoms with van der Waals surface area (Å²) in [4.78, 5) is 12.2. The summed E-state index contributed by atoms with van der Waals surface area (Å²) in [6.45, 7) is 3.05. The van der Waals surface area contributed by atoms with E-state index in [0.717, 1.165) is 0 Å². The van der Waals surface area contributed by atoms with Gasteiger partial charge in [0.05, 0.1) is 10.4 Å². The molecule has 0 bridgehead atoms. The maximum atomic E-state index is 13.0. The number of rotatable bonds is 3. The highest BCUT2D eigenvalue weighted by molar-refractivity contribution is 7.90. The third kappa shape index (κ3) is 2.46. The Hall–Kier alpha value is -2.11. The van der Waals surface area contributed by atoms with Gasteiger partial charge in [-0.3, -0.25) is 4.79 Å². The van der Waals surface area contributed by atoms with Crippen LogP contribution in [0, 0.1) is 6.92 Å². The number of nitrogens with zero attached hydrogens (tertiary/aromatic N) is 1. The Bertz CT molecular complexity index is 1020. The molecule has 3 aromatic rings. The summed E-state index contributed by atoms with van der Waals surface area (Å²) in [5, 5.41) is 0.997. The molecule has 0 radical (unpaired) electrons. The molecule has 0 atom stereocenters. The summed E-state index contributed by atoms with van der Waals surface area (Å²) in [7, 11) is -3.80. The molecule has 0 unspecified atom stereocenters. The van der Waals surface area contributed by atoms with Crippen LogP contribution in [0.4, 0.5) is 0 Å². The van der Waals surface area contributed by atoms with Crippen molar-refractivity contribution < 1.29 is 13.2 Å². The van der Waals surface area contributed by atoms with Crippen LogP contribution in [-0.2, 0) is 10.0 Å². The lowest BCUT2D eigenvalue weighted by Crippen LogP contribution is -2.14. The van der Waals surface area contributed by atoms with Crippen LogP contribution in [0.1, 0.15) is 23.0 Å². The third-order valence-electron chi connectivity index (χ3n) is 3.75. The Balaban J connectivity index is 2.44. The zero-order valence-corrected chi connectivity index (χ0v) is 14.1. The van der Waals surface area contributed by atoms with E-state index in [-0.39, 0.29) is 10.7 Å². The summed E-state index contributed by atoms with van der Waals surface area (Å²) >= 11 is 6.02. The van der Waals surface area contributed by atoms with Crippen molar-refractivity contribution in [1.82, 2.24) is 3.97 Å². The fourth-order valence-electron chi connectivity index (χ4n) is 2.81. The molecule has 2 aromatic carbocycles. The molecule has 0 N–H and O–H groups in total. The molecule has 1 aromatic heterocycles. The van der Waals surface area contributed by atoms with Gasteiger partial charge in [0.15, 0.2) is 5.78 Å². The first-order valence-corrected chi connectivity index (χ1v) is 8.78. The van der Waals surface area contributed by atoms with E-state index in [1.165, 1.54) is 23.0 Å². The van der Waals surface area contributed by atoms with Gasteiger partial charge in [-0.1, -0.05) is 29.8 Å². The van der Waals surface area contributed by atoms with E-state index < -0.39 is 10.0 Å². The van der Waals surface area contributed by atoms with Crippen molar-refractivity contribution in [2.45, 2.75) is 18.7 Å². The second-order valence-corrected chi connectivity index (χ2v) is 7.48. The van der Waals surface area contributed by atoms with E-state index in [0.29, 0.717) is 27.2 Å². The zero-order chi connectivity index (χ0) is 16.8. The summed E-state index contributed by atoms with van der Waals surface area (Å²) in [5.41, 5.74) is 1.21. The molecule has 1 heterocycles. The number of hydrogen-bond donors (Lipinski definition) is 0. The van der Waals surface area contributed by atoms with E-state index >= 15 is 0 Å². The Labute approximate surface area is 139 Å². The number of benzene rings is 2. The van der Waals surface area contributed by atoms with Crippen molar-refractivity contribution in [2.75, 3.05) is 0 Å². The monoisotopic (exact) mass is 347 g/mol. The van der Waals surface area contributed by atoms with Crippen LogP contribution in [0.3, 0.4) is 0 Å². The fourth-order valence-corrected chi connectivity index (χ4v) is 4.57. The molecular formula is C17H14ClNO3S. The largest absolute Gasteiger partial charge is 0.294 e. The van der Waals surface area contributed by atoms with Crippen LogP contribution in [0.5, 0.6) is 0 Å². The standard InChI is InChI=1S/C17H14ClNO3S/c1-11-17(12(2)20)15-10-13(18)8-9-16(15)19(11)23(21,22)14-6-4-3-5-7-14/h3-10H,1-2H3. The molecular weight excluding hydrogens is 334 g/mol. The maximum absolute atomic E-state index is 13.0. The third-order valence-corrected chi connectivity index (χ3v) is 5.80. The van der Waals surface area contributed by atoms with Gasteiger partial charge in [-0.05, 0) is 44.2 Å². The number of carbonyl (C=O) groups excluding carboxylic acids is 1. The Morgan fingerprint density at radius 1 is 1.09 bits per heavy atom. The number of carbonyl (C=O) groups is 1. The van der Waals surface area contributed by atoms with E-state index in [1.807, 2.05) is 0 Å². The van der Waals surface area contributed by atoms with Crippen molar-refractivity contribution in [1.29, 1.82) is 0 Å². The summed E-state index contributed by atoms with van der Waals surface area (Å²) in [5.74, 6) is -0.197. The molecule has 0 fully saturated rings. The average Bonchev–Trinajstić information content (AvgIpc) is 2.80. The fraction of sp³-hybridized carbons (Fsp3) is 0.118. The molecule has 6 heteroatoms. The minimum atomic E-state index is -3.80. The molecule has 0 amide bonds. The van der Waals surface area contributed by atoms with Crippen LogP contribution in [-0.4, -0.2) is 18.2 Å². The van der Waals surface area contributed by atoms with Crippen LogP contribution < -0.4 is 0 Å². The van der Waals surface area contributed by atoms with Gasteiger partial charge in [0.1, 0.15) is 0 Å². The van der Waals surface area contributed by atoms with E-state index in [4.69, 9.17) is 11.6 Å². The zero-order valence-electron chi connectivity index (χ0n) is 12.6. The molecule has 118 valence electrons. The van der Waals surface area contributed by atoms with Gasteiger partial charge in [0, 0.05) is 21.7 Å². The summed E-state index contributed by atoms with van der Waals surface area (Å²) < 4.78 is 27.2. The van der Waals surface area contributed by atoms with Crippen LogP contribution in [0.2, 0.25) is 5.02 Å². The van der Waals surface area contributed by atoms with Crippen LogP contribution >= 0.6 is 11.6 Å². The number of fused-ring (bicyclic) bond motifs is 1. The lowest BCUT2D eigenvalue weighted by Gasteiger charge is -2.10. The molecule has 0 spiro atoms.